The zero-order valence-corrected chi connectivity index (χ0v) is 14.9. The van der Waals surface area contributed by atoms with Crippen LogP contribution < -0.4 is 10.6 Å². The van der Waals surface area contributed by atoms with Crippen LogP contribution in [0.15, 0.2) is 24.3 Å². The van der Waals surface area contributed by atoms with Crippen LogP contribution in [0.4, 0.5) is 10.3 Å². The highest BCUT2D eigenvalue weighted by atomic mass is 32.1. The van der Waals surface area contributed by atoms with Gasteiger partial charge >= 0.3 is 0 Å². The van der Waals surface area contributed by atoms with Crippen LogP contribution in [-0.4, -0.2) is 46.5 Å². The summed E-state index contributed by atoms with van der Waals surface area (Å²) in [4.78, 5) is 25.6. The lowest BCUT2D eigenvalue weighted by atomic mass is 10.1. The third-order valence-corrected chi connectivity index (χ3v) is 4.81. The first-order chi connectivity index (χ1) is 12.1. The Morgan fingerprint density at radius 1 is 1.24 bits per heavy atom. The van der Waals surface area contributed by atoms with E-state index in [0.29, 0.717) is 28.8 Å². The fourth-order valence-corrected chi connectivity index (χ4v) is 3.29. The molecule has 1 aromatic carbocycles. The first kappa shape index (κ1) is 17.3. The summed E-state index contributed by atoms with van der Waals surface area (Å²) >= 11 is 1.30. The second-order valence-electron chi connectivity index (χ2n) is 6.00. The maximum atomic E-state index is 12.1. The van der Waals surface area contributed by atoms with Crippen molar-refractivity contribution in [1.82, 2.24) is 15.1 Å². The van der Waals surface area contributed by atoms with Crippen LogP contribution in [0.25, 0.3) is 0 Å². The Bertz CT molecular complexity index is 744. The van der Waals surface area contributed by atoms with E-state index in [2.05, 4.69) is 20.8 Å². The molecule has 0 atom stereocenters. The Hall–Kier alpha value is -2.48. The molecule has 0 aliphatic carbocycles. The van der Waals surface area contributed by atoms with Gasteiger partial charge in [0.05, 0.1) is 0 Å². The Morgan fingerprint density at radius 3 is 2.72 bits per heavy atom. The van der Waals surface area contributed by atoms with Gasteiger partial charge in [0.1, 0.15) is 0 Å². The number of rotatable bonds is 7. The van der Waals surface area contributed by atoms with Crippen molar-refractivity contribution in [3.8, 4) is 0 Å². The molecule has 1 saturated heterocycles. The lowest BCUT2D eigenvalue weighted by Gasteiger charge is -2.14. The van der Waals surface area contributed by atoms with Gasteiger partial charge in [0.15, 0.2) is 0 Å². The van der Waals surface area contributed by atoms with Crippen molar-refractivity contribution in [2.24, 2.45) is 0 Å². The summed E-state index contributed by atoms with van der Waals surface area (Å²) in [6, 6.07) is 7.36. The number of aromatic nitrogens is 2. The highest BCUT2D eigenvalue weighted by Gasteiger charge is 2.19. The number of hydrogen-bond donors (Lipinski definition) is 2. The zero-order chi connectivity index (χ0) is 17.6. The molecule has 1 aliphatic rings. The molecule has 0 saturated carbocycles. The van der Waals surface area contributed by atoms with Crippen molar-refractivity contribution >= 4 is 33.4 Å². The third kappa shape index (κ3) is 4.76. The molecule has 0 unspecified atom stereocenters. The van der Waals surface area contributed by atoms with Gasteiger partial charge in [-0.25, -0.2) is 0 Å². The van der Waals surface area contributed by atoms with Crippen molar-refractivity contribution in [3.05, 3.63) is 35.4 Å². The minimum Gasteiger partial charge on any atom is -0.360 e. The van der Waals surface area contributed by atoms with Crippen molar-refractivity contribution in [2.45, 2.75) is 26.2 Å². The average Bonchev–Trinajstić information content (AvgIpc) is 3.21. The fraction of sp³-hybridized carbons (Fsp3) is 0.412. The van der Waals surface area contributed by atoms with Gasteiger partial charge in [0.2, 0.25) is 16.2 Å². The molecule has 0 bridgehead atoms. The average molecular weight is 359 g/mol. The molecule has 0 radical (unpaired) electrons. The van der Waals surface area contributed by atoms with E-state index in [-0.39, 0.29) is 11.8 Å². The molecule has 2 aromatic rings. The first-order valence-corrected chi connectivity index (χ1v) is 9.16. The van der Waals surface area contributed by atoms with Crippen LogP contribution in [0.2, 0.25) is 0 Å². The number of nitrogens with zero attached hydrogens (tertiary/aromatic N) is 3. The van der Waals surface area contributed by atoms with E-state index in [1.165, 1.54) is 11.3 Å². The van der Waals surface area contributed by atoms with Crippen LogP contribution >= 0.6 is 11.3 Å². The molecule has 2 heterocycles. The molecule has 0 spiro atoms. The maximum Gasteiger partial charge on any atom is 0.257 e. The van der Waals surface area contributed by atoms with Crippen molar-refractivity contribution in [3.63, 3.8) is 0 Å². The van der Waals surface area contributed by atoms with Gasteiger partial charge < -0.3 is 10.2 Å². The van der Waals surface area contributed by atoms with E-state index >= 15 is 0 Å². The largest absolute Gasteiger partial charge is 0.360 e. The van der Waals surface area contributed by atoms with Gasteiger partial charge in [0.25, 0.3) is 5.91 Å². The van der Waals surface area contributed by atoms with E-state index in [9.17, 15) is 9.59 Å². The second-order valence-corrected chi connectivity index (χ2v) is 6.97. The van der Waals surface area contributed by atoms with Crippen LogP contribution in [0.5, 0.6) is 0 Å². The number of likely N-dealkylation sites (tertiary alicyclic amines) is 1. The molecular weight excluding hydrogens is 338 g/mol. The number of aryl methyl sites for hydroxylation is 1. The lowest BCUT2D eigenvalue weighted by Crippen LogP contribution is -2.26. The summed E-state index contributed by atoms with van der Waals surface area (Å²) in [6.07, 6.45) is 2.50. The summed E-state index contributed by atoms with van der Waals surface area (Å²) in [7, 11) is 0. The first-order valence-electron chi connectivity index (χ1n) is 8.35. The Morgan fingerprint density at radius 2 is 2.00 bits per heavy atom. The standard InChI is InChI=1S/C17H21N5O2S/c1-12-5-7-13(8-6-12)15(24)19-17-21-20-16(25-17)18-9-3-11-22-10-2-4-14(22)23/h5-8H,2-4,9-11H2,1H3,(H,18,20)(H,19,21,24). The molecule has 1 aromatic heterocycles. The Kier molecular flexibility index (Phi) is 5.60. The summed E-state index contributed by atoms with van der Waals surface area (Å²) < 4.78 is 0. The van der Waals surface area contributed by atoms with Crippen LogP contribution in [0.1, 0.15) is 35.2 Å². The SMILES string of the molecule is Cc1ccc(C(=O)Nc2nnc(NCCCN3CCCC3=O)s2)cc1. The Balaban J connectivity index is 1.43. The molecule has 7 nitrogen and oxygen atoms in total. The predicted octanol–water partition coefficient (Wildman–Crippen LogP) is 2.52. The van der Waals surface area contributed by atoms with Gasteiger partial charge in [-0.2, -0.15) is 0 Å². The minimum atomic E-state index is -0.199. The van der Waals surface area contributed by atoms with Crippen LogP contribution in [-0.2, 0) is 4.79 Å². The highest BCUT2D eigenvalue weighted by Crippen LogP contribution is 2.20. The number of carbonyl (C=O) groups excluding carboxylic acids is 2. The molecule has 132 valence electrons. The summed E-state index contributed by atoms with van der Waals surface area (Å²) in [5, 5.41) is 15.1. The highest BCUT2D eigenvalue weighted by molar-refractivity contribution is 7.19. The van der Waals surface area contributed by atoms with E-state index in [1.54, 1.807) is 12.1 Å². The molecule has 8 heteroatoms. The van der Waals surface area contributed by atoms with Crippen molar-refractivity contribution < 1.29 is 9.59 Å². The maximum absolute atomic E-state index is 12.1. The Labute approximate surface area is 150 Å². The van der Waals surface area contributed by atoms with Gasteiger partial charge in [-0.05, 0) is 31.9 Å². The summed E-state index contributed by atoms with van der Waals surface area (Å²) in [5.74, 6) is 0.0484. The molecule has 25 heavy (non-hydrogen) atoms. The molecule has 2 N–H and O–H groups in total. The smallest absolute Gasteiger partial charge is 0.257 e. The van der Waals surface area contributed by atoms with Gasteiger partial charge in [-0.1, -0.05) is 29.0 Å². The summed E-state index contributed by atoms with van der Waals surface area (Å²) in [6.45, 7) is 4.32. The molecule has 3 rings (SSSR count). The monoisotopic (exact) mass is 359 g/mol. The second kappa shape index (κ2) is 8.06. The van der Waals surface area contributed by atoms with E-state index in [0.717, 1.165) is 31.5 Å². The number of benzene rings is 1. The van der Waals surface area contributed by atoms with E-state index < -0.39 is 0 Å². The fourth-order valence-electron chi connectivity index (χ4n) is 2.63. The van der Waals surface area contributed by atoms with Crippen molar-refractivity contribution in [2.75, 3.05) is 30.3 Å². The third-order valence-electron chi connectivity index (χ3n) is 4.01. The summed E-state index contributed by atoms with van der Waals surface area (Å²) in [5.41, 5.74) is 1.69. The minimum absolute atomic E-state index is 0.199. The van der Waals surface area contributed by atoms with Gasteiger partial charge in [-0.3, -0.25) is 14.9 Å². The normalized spacial score (nSPS) is 14.0. The number of nitrogens with one attached hydrogen (secondary N) is 2. The lowest BCUT2D eigenvalue weighted by molar-refractivity contribution is -0.127. The number of amides is 2. The molecule has 2 amide bonds. The predicted molar refractivity (Wildman–Crippen MR) is 98.0 cm³/mol. The van der Waals surface area contributed by atoms with E-state index in [1.807, 2.05) is 24.0 Å². The molecule has 1 aliphatic heterocycles. The van der Waals surface area contributed by atoms with Gasteiger partial charge in [-0.15, -0.1) is 10.2 Å². The number of anilines is 2. The topological polar surface area (TPSA) is 87.2 Å². The number of carbonyl (C=O) groups is 2. The molecule has 1 fully saturated rings. The van der Waals surface area contributed by atoms with Crippen LogP contribution in [0, 0.1) is 6.92 Å². The number of hydrogen-bond acceptors (Lipinski definition) is 6. The van der Waals surface area contributed by atoms with Gasteiger partial charge in [0, 0.05) is 31.6 Å². The zero-order valence-electron chi connectivity index (χ0n) is 14.1. The molecular formula is C17H21N5O2S. The van der Waals surface area contributed by atoms with Crippen molar-refractivity contribution in [1.29, 1.82) is 0 Å². The van der Waals surface area contributed by atoms with E-state index in [4.69, 9.17) is 0 Å². The van der Waals surface area contributed by atoms with Crippen LogP contribution in [0.3, 0.4) is 0 Å². The quantitative estimate of drug-likeness (QED) is 0.742.